The third-order valence-corrected chi connectivity index (χ3v) is 5.23. The SMILES string of the molecule is N#Cc1cccc2c1nc(N)n2CC1CC2CCC1C2. The van der Waals surface area contributed by atoms with Crippen LogP contribution in [0.1, 0.15) is 31.2 Å². The number of benzene rings is 1. The predicted octanol–water partition coefficient (Wildman–Crippen LogP) is 2.93. The molecule has 1 aromatic carbocycles. The number of nitrogens with two attached hydrogens (primary N) is 1. The Balaban J connectivity index is 1.73. The highest BCUT2D eigenvalue weighted by atomic mass is 15.2. The summed E-state index contributed by atoms with van der Waals surface area (Å²) in [5, 5.41) is 9.17. The van der Waals surface area contributed by atoms with Crippen LogP contribution in [0.5, 0.6) is 0 Å². The molecule has 0 saturated heterocycles. The Hall–Kier alpha value is -2.02. The van der Waals surface area contributed by atoms with Gasteiger partial charge in [0.15, 0.2) is 0 Å². The number of hydrogen-bond acceptors (Lipinski definition) is 3. The van der Waals surface area contributed by atoms with Gasteiger partial charge in [0.05, 0.1) is 11.1 Å². The molecule has 2 aliphatic carbocycles. The second-order valence-corrected chi connectivity index (χ2v) is 6.30. The highest BCUT2D eigenvalue weighted by Crippen LogP contribution is 2.49. The highest BCUT2D eigenvalue weighted by molar-refractivity contribution is 5.83. The van der Waals surface area contributed by atoms with Crippen molar-refractivity contribution >= 4 is 17.0 Å². The largest absolute Gasteiger partial charge is 0.369 e. The molecule has 2 fully saturated rings. The lowest BCUT2D eigenvalue weighted by molar-refractivity contribution is 0.300. The van der Waals surface area contributed by atoms with Gasteiger partial charge >= 0.3 is 0 Å². The smallest absolute Gasteiger partial charge is 0.201 e. The minimum atomic E-state index is 0.547. The molecule has 0 radical (unpaired) electrons. The van der Waals surface area contributed by atoms with Crippen molar-refractivity contribution in [2.45, 2.75) is 32.2 Å². The van der Waals surface area contributed by atoms with Crippen molar-refractivity contribution in [3.05, 3.63) is 23.8 Å². The topological polar surface area (TPSA) is 67.6 Å². The molecule has 2 aromatic rings. The molecular formula is C16H18N4. The Morgan fingerprint density at radius 3 is 2.95 bits per heavy atom. The Labute approximate surface area is 118 Å². The molecule has 20 heavy (non-hydrogen) atoms. The van der Waals surface area contributed by atoms with E-state index in [1.165, 1.54) is 25.7 Å². The van der Waals surface area contributed by atoms with Crippen molar-refractivity contribution in [1.29, 1.82) is 5.26 Å². The zero-order valence-electron chi connectivity index (χ0n) is 11.4. The lowest BCUT2D eigenvalue weighted by Crippen LogP contribution is -2.18. The van der Waals surface area contributed by atoms with Gasteiger partial charge in [-0.05, 0) is 49.1 Å². The van der Waals surface area contributed by atoms with E-state index in [4.69, 9.17) is 11.0 Å². The summed E-state index contributed by atoms with van der Waals surface area (Å²) in [5.41, 5.74) is 8.46. The van der Waals surface area contributed by atoms with Gasteiger partial charge in [-0.1, -0.05) is 12.5 Å². The molecule has 4 rings (SSSR count). The number of rotatable bonds is 2. The van der Waals surface area contributed by atoms with Crippen molar-refractivity contribution in [2.24, 2.45) is 17.8 Å². The lowest BCUT2D eigenvalue weighted by Gasteiger charge is -2.22. The number of para-hydroxylation sites is 1. The number of fused-ring (bicyclic) bond motifs is 3. The first-order chi connectivity index (χ1) is 9.76. The summed E-state index contributed by atoms with van der Waals surface area (Å²) in [6, 6.07) is 7.94. The highest BCUT2D eigenvalue weighted by Gasteiger charge is 2.39. The normalized spacial score (nSPS) is 28.1. The van der Waals surface area contributed by atoms with Crippen molar-refractivity contribution in [1.82, 2.24) is 9.55 Å². The number of nitrogens with zero attached hydrogens (tertiary/aromatic N) is 3. The summed E-state index contributed by atoms with van der Waals surface area (Å²) >= 11 is 0. The maximum absolute atomic E-state index is 9.17. The van der Waals surface area contributed by atoms with Crippen LogP contribution in [-0.4, -0.2) is 9.55 Å². The molecule has 3 atom stereocenters. The number of hydrogen-bond donors (Lipinski definition) is 1. The minimum Gasteiger partial charge on any atom is -0.369 e. The molecule has 2 saturated carbocycles. The molecule has 4 heteroatoms. The minimum absolute atomic E-state index is 0.547. The van der Waals surface area contributed by atoms with Crippen LogP contribution in [0.4, 0.5) is 5.95 Å². The Bertz CT molecular complexity index is 709. The molecule has 2 bridgehead atoms. The summed E-state index contributed by atoms with van der Waals surface area (Å²) < 4.78 is 2.11. The number of imidazole rings is 1. The summed E-state index contributed by atoms with van der Waals surface area (Å²) in [4.78, 5) is 4.41. The van der Waals surface area contributed by atoms with Crippen molar-refractivity contribution in [2.75, 3.05) is 5.73 Å². The monoisotopic (exact) mass is 266 g/mol. The zero-order chi connectivity index (χ0) is 13.7. The van der Waals surface area contributed by atoms with Crippen LogP contribution in [-0.2, 0) is 6.54 Å². The quantitative estimate of drug-likeness (QED) is 0.908. The first kappa shape index (κ1) is 11.8. The lowest BCUT2D eigenvalue weighted by atomic mass is 9.89. The van der Waals surface area contributed by atoms with E-state index in [1.54, 1.807) is 6.07 Å². The van der Waals surface area contributed by atoms with Crippen LogP contribution in [0.15, 0.2) is 18.2 Å². The van der Waals surface area contributed by atoms with E-state index in [1.807, 2.05) is 12.1 Å². The van der Waals surface area contributed by atoms with E-state index in [0.717, 1.165) is 35.3 Å². The number of aromatic nitrogens is 2. The maximum atomic E-state index is 9.17. The van der Waals surface area contributed by atoms with E-state index in [2.05, 4.69) is 15.6 Å². The standard InChI is InChI=1S/C16H18N4/c17-8-12-2-1-3-14-15(12)19-16(18)20(14)9-13-7-10-4-5-11(13)6-10/h1-3,10-11,13H,4-7,9H2,(H2,18,19). The van der Waals surface area contributed by atoms with Gasteiger partial charge in [-0.2, -0.15) is 5.26 Å². The average Bonchev–Trinajstić information content (AvgIpc) is 3.14. The van der Waals surface area contributed by atoms with E-state index in [9.17, 15) is 0 Å². The maximum Gasteiger partial charge on any atom is 0.201 e. The van der Waals surface area contributed by atoms with Crippen LogP contribution in [0.3, 0.4) is 0 Å². The molecule has 2 aliphatic rings. The third kappa shape index (κ3) is 1.62. The fourth-order valence-electron chi connectivity index (χ4n) is 4.28. The van der Waals surface area contributed by atoms with Gasteiger partial charge in [0.1, 0.15) is 11.6 Å². The zero-order valence-corrected chi connectivity index (χ0v) is 11.4. The van der Waals surface area contributed by atoms with Gasteiger partial charge in [-0.3, -0.25) is 0 Å². The second-order valence-electron chi connectivity index (χ2n) is 6.30. The average molecular weight is 266 g/mol. The molecule has 4 nitrogen and oxygen atoms in total. The van der Waals surface area contributed by atoms with Gasteiger partial charge in [0, 0.05) is 6.54 Å². The first-order valence-corrected chi connectivity index (χ1v) is 7.41. The van der Waals surface area contributed by atoms with Crippen LogP contribution in [0, 0.1) is 29.1 Å². The summed E-state index contributed by atoms with van der Waals surface area (Å²) in [5.74, 6) is 3.09. The van der Waals surface area contributed by atoms with Crippen LogP contribution < -0.4 is 5.73 Å². The van der Waals surface area contributed by atoms with Gasteiger partial charge in [0.2, 0.25) is 5.95 Å². The van der Waals surface area contributed by atoms with Crippen LogP contribution in [0.25, 0.3) is 11.0 Å². The predicted molar refractivity (Wildman–Crippen MR) is 77.8 cm³/mol. The molecule has 0 amide bonds. The Kier molecular flexibility index (Phi) is 2.50. The molecule has 102 valence electrons. The van der Waals surface area contributed by atoms with Crippen molar-refractivity contribution in [3.8, 4) is 6.07 Å². The van der Waals surface area contributed by atoms with Crippen LogP contribution >= 0.6 is 0 Å². The van der Waals surface area contributed by atoms with Crippen molar-refractivity contribution in [3.63, 3.8) is 0 Å². The summed E-state index contributed by atoms with van der Waals surface area (Å²) in [6.07, 6.45) is 5.54. The van der Waals surface area contributed by atoms with Gasteiger partial charge in [0.25, 0.3) is 0 Å². The molecule has 3 unspecified atom stereocenters. The Morgan fingerprint density at radius 2 is 2.25 bits per heavy atom. The fraction of sp³-hybridized carbons (Fsp3) is 0.500. The Morgan fingerprint density at radius 1 is 1.35 bits per heavy atom. The van der Waals surface area contributed by atoms with E-state index < -0.39 is 0 Å². The molecular weight excluding hydrogens is 248 g/mol. The van der Waals surface area contributed by atoms with Gasteiger partial charge in [-0.25, -0.2) is 4.98 Å². The second kappa shape index (κ2) is 4.24. The fourth-order valence-corrected chi connectivity index (χ4v) is 4.28. The van der Waals surface area contributed by atoms with Gasteiger partial charge < -0.3 is 10.3 Å². The first-order valence-electron chi connectivity index (χ1n) is 7.41. The molecule has 1 heterocycles. The van der Waals surface area contributed by atoms with Crippen molar-refractivity contribution < 1.29 is 0 Å². The molecule has 0 aliphatic heterocycles. The van der Waals surface area contributed by atoms with Crippen LogP contribution in [0.2, 0.25) is 0 Å². The summed E-state index contributed by atoms with van der Waals surface area (Å²) in [7, 11) is 0. The number of anilines is 1. The molecule has 0 spiro atoms. The number of nitrogen functional groups attached to an aromatic ring is 1. The van der Waals surface area contributed by atoms with E-state index in [0.29, 0.717) is 11.5 Å². The third-order valence-electron chi connectivity index (χ3n) is 5.23. The van der Waals surface area contributed by atoms with Gasteiger partial charge in [-0.15, -0.1) is 0 Å². The molecule has 1 aromatic heterocycles. The molecule has 2 N–H and O–H groups in total. The summed E-state index contributed by atoms with van der Waals surface area (Å²) in [6.45, 7) is 0.957. The number of nitriles is 1. The van der Waals surface area contributed by atoms with E-state index in [-0.39, 0.29) is 0 Å². The van der Waals surface area contributed by atoms with E-state index >= 15 is 0 Å².